The Bertz CT molecular complexity index is 637. The molecule has 3 nitrogen and oxygen atoms in total. The molecule has 0 aliphatic carbocycles. The molecule has 0 aliphatic heterocycles. The van der Waals surface area contributed by atoms with E-state index < -0.39 is 0 Å². The number of methoxy groups -OCH3 is 1. The van der Waals surface area contributed by atoms with Gasteiger partial charge in [-0.25, -0.2) is 0 Å². The summed E-state index contributed by atoms with van der Waals surface area (Å²) in [5.41, 5.74) is 1.70. The lowest BCUT2D eigenvalue weighted by atomic mass is 10.2. The van der Waals surface area contributed by atoms with Crippen LogP contribution in [0, 0.1) is 0 Å². The SMILES string of the molecule is COc1ccc(/C=N/N=C/c2ccc(Cl)cc2Cl)cc1. The minimum atomic E-state index is 0.542. The van der Waals surface area contributed by atoms with Crippen LogP contribution >= 0.6 is 23.2 Å². The van der Waals surface area contributed by atoms with E-state index >= 15 is 0 Å². The van der Waals surface area contributed by atoms with E-state index in [0.717, 1.165) is 16.9 Å². The minimum Gasteiger partial charge on any atom is -0.497 e. The molecule has 0 unspecified atom stereocenters. The van der Waals surface area contributed by atoms with E-state index in [4.69, 9.17) is 27.9 Å². The zero-order valence-corrected chi connectivity index (χ0v) is 12.3. The van der Waals surface area contributed by atoms with Gasteiger partial charge in [-0.15, -0.1) is 0 Å². The molecule has 2 aromatic rings. The molecule has 2 rings (SSSR count). The third kappa shape index (κ3) is 4.08. The van der Waals surface area contributed by atoms with Crippen molar-refractivity contribution < 1.29 is 4.74 Å². The summed E-state index contributed by atoms with van der Waals surface area (Å²) in [5, 5.41) is 9.06. The fraction of sp³-hybridized carbons (Fsp3) is 0.0667. The zero-order chi connectivity index (χ0) is 14.4. The molecule has 102 valence electrons. The van der Waals surface area contributed by atoms with Crippen LogP contribution in [0.3, 0.4) is 0 Å². The van der Waals surface area contributed by atoms with Gasteiger partial charge in [0.2, 0.25) is 0 Å². The van der Waals surface area contributed by atoms with Crippen LogP contribution < -0.4 is 4.74 Å². The van der Waals surface area contributed by atoms with Crippen LogP contribution in [-0.4, -0.2) is 19.5 Å². The molecule has 0 saturated carbocycles. The molecule has 0 saturated heterocycles. The van der Waals surface area contributed by atoms with Crippen LogP contribution in [0.25, 0.3) is 0 Å². The molecule has 0 heterocycles. The van der Waals surface area contributed by atoms with Gasteiger partial charge in [-0.3, -0.25) is 0 Å². The van der Waals surface area contributed by atoms with Gasteiger partial charge in [0.1, 0.15) is 5.75 Å². The Kier molecular flexibility index (Phi) is 5.16. The van der Waals surface area contributed by atoms with Crippen LogP contribution in [0.4, 0.5) is 0 Å². The summed E-state index contributed by atoms with van der Waals surface area (Å²) in [6.07, 6.45) is 3.23. The molecular weight excluding hydrogens is 295 g/mol. The number of halogens is 2. The number of benzene rings is 2. The Morgan fingerprint density at radius 2 is 1.65 bits per heavy atom. The summed E-state index contributed by atoms with van der Waals surface area (Å²) >= 11 is 11.8. The van der Waals surface area contributed by atoms with Crippen LogP contribution in [0.1, 0.15) is 11.1 Å². The molecular formula is C15H12Cl2N2O. The summed E-state index contributed by atoms with van der Waals surface area (Å²) in [4.78, 5) is 0. The standard InChI is InChI=1S/C15H12Cl2N2O/c1-20-14-6-2-11(3-7-14)9-18-19-10-12-4-5-13(16)8-15(12)17/h2-10H,1H3/b18-9+,19-10+. The second kappa shape index (κ2) is 7.08. The molecule has 5 heteroatoms. The number of rotatable bonds is 4. The van der Waals surface area contributed by atoms with Crippen molar-refractivity contribution in [3.63, 3.8) is 0 Å². The molecule has 0 aromatic heterocycles. The Balaban J connectivity index is 2.03. The predicted octanol–water partition coefficient (Wildman–Crippen LogP) is 4.46. The molecule has 0 fully saturated rings. The molecule has 0 atom stereocenters. The molecule has 0 spiro atoms. The maximum atomic E-state index is 6.02. The van der Waals surface area contributed by atoms with Gasteiger partial charge in [0.15, 0.2) is 0 Å². The van der Waals surface area contributed by atoms with Gasteiger partial charge in [-0.2, -0.15) is 10.2 Å². The third-order valence-electron chi connectivity index (χ3n) is 2.55. The summed E-state index contributed by atoms with van der Waals surface area (Å²) < 4.78 is 5.08. The normalized spacial score (nSPS) is 11.3. The monoisotopic (exact) mass is 306 g/mol. The first kappa shape index (κ1) is 14.6. The van der Waals surface area contributed by atoms with Crippen LogP contribution in [-0.2, 0) is 0 Å². The van der Waals surface area contributed by atoms with Crippen LogP contribution in [0.2, 0.25) is 10.0 Å². The van der Waals surface area contributed by atoms with Gasteiger partial charge >= 0.3 is 0 Å². The summed E-state index contributed by atoms with van der Waals surface area (Å²) in [7, 11) is 1.63. The highest BCUT2D eigenvalue weighted by molar-refractivity contribution is 6.36. The molecule has 0 N–H and O–H groups in total. The lowest BCUT2D eigenvalue weighted by Gasteiger charge is -1.98. The highest BCUT2D eigenvalue weighted by atomic mass is 35.5. The van der Waals surface area contributed by atoms with Crippen molar-refractivity contribution in [1.82, 2.24) is 0 Å². The summed E-state index contributed by atoms with van der Waals surface area (Å²) in [5.74, 6) is 0.804. The predicted molar refractivity (Wildman–Crippen MR) is 84.6 cm³/mol. The van der Waals surface area contributed by atoms with E-state index in [1.165, 1.54) is 0 Å². The molecule has 0 amide bonds. The number of nitrogens with zero attached hydrogens (tertiary/aromatic N) is 2. The van der Waals surface area contributed by atoms with Crippen molar-refractivity contribution in [3.8, 4) is 5.75 Å². The number of hydrogen-bond donors (Lipinski definition) is 0. The fourth-order valence-corrected chi connectivity index (χ4v) is 1.95. The van der Waals surface area contributed by atoms with Gasteiger partial charge in [-0.1, -0.05) is 29.3 Å². The largest absolute Gasteiger partial charge is 0.497 e. The molecule has 2 aromatic carbocycles. The number of ether oxygens (including phenoxy) is 1. The second-order valence-electron chi connectivity index (χ2n) is 3.93. The van der Waals surface area contributed by atoms with Gasteiger partial charge in [-0.05, 0) is 42.0 Å². The topological polar surface area (TPSA) is 34.0 Å². The van der Waals surface area contributed by atoms with Crippen molar-refractivity contribution >= 4 is 35.6 Å². The fourth-order valence-electron chi connectivity index (χ4n) is 1.49. The van der Waals surface area contributed by atoms with Crippen molar-refractivity contribution in [3.05, 3.63) is 63.6 Å². The molecule has 0 radical (unpaired) electrons. The van der Waals surface area contributed by atoms with Crippen molar-refractivity contribution in [1.29, 1.82) is 0 Å². The quantitative estimate of drug-likeness (QED) is 0.606. The third-order valence-corrected chi connectivity index (χ3v) is 3.11. The van der Waals surface area contributed by atoms with Gasteiger partial charge in [0, 0.05) is 10.6 Å². The van der Waals surface area contributed by atoms with Gasteiger partial charge in [0.25, 0.3) is 0 Å². The summed E-state index contributed by atoms with van der Waals surface area (Å²) in [6.45, 7) is 0. The van der Waals surface area contributed by atoms with Crippen LogP contribution in [0.15, 0.2) is 52.7 Å². The highest BCUT2D eigenvalue weighted by Gasteiger charge is 1.97. The average molecular weight is 307 g/mol. The highest BCUT2D eigenvalue weighted by Crippen LogP contribution is 2.19. The molecule has 0 aliphatic rings. The van der Waals surface area contributed by atoms with Crippen LogP contribution in [0.5, 0.6) is 5.75 Å². The van der Waals surface area contributed by atoms with Crippen molar-refractivity contribution in [2.75, 3.05) is 7.11 Å². The van der Waals surface area contributed by atoms with E-state index in [9.17, 15) is 0 Å². The Labute approximate surface area is 127 Å². The van der Waals surface area contributed by atoms with E-state index in [2.05, 4.69) is 10.2 Å². The lowest BCUT2D eigenvalue weighted by molar-refractivity contribution is 0.415. The first-order valence-corrected chi connectivity index (χ1v) is 6.60. The van der Waals surface area contributed by atoms with Crippen molar-refractivity contribution in [2.45, 2.75) is 0 Å². The van der Waals surface area contributed by atoms with Gasteiger partial charge in [0.05, 0.1) is 24.6 Å². The minimum absolute atomic E-state index is 0.542. The maximum Gasteiger partial charge on any atom is 0.118 e. The second-order valence-corrected chi connectivity index (χ2v) is 4.77. The van der Waals surface area contributed by atoms with E-state index in [1.807, 2.05) is 24.3 Å². The van der Waals surface area contributed by atoms with Gasteiger partial charge < -0.3 is 4.74 Å². The Morgan fingerprint density at radius 3 is 2.30 bits per heavy atom. The first-order chi connectivity index (χ1) is 9.69. The van der Waals surface area contributed by atoms with E-state index in [-0.39, 0.29) is 0 Å². The van der Waals surface area contributed by atoms with Crippen molar-refractivity contribution in [2.24, 2.45) is 10.2 Å². The maximum absolute atomic E-state index is 6.02. The summed E-state index contributed by atoms with van der Waals surface area (Å²) in [6, 6.07) is 12.7. The molecule has 20 heavy (non-hydrogen) atoms. The Morgan fingerprint density at radius 1 is 0.950 bits per heavy atom. The van der Waals surface area contributed by atoms with E-state index in [1.54, 1.807) is 37.7 Å². The average Bonchev–Trinajstić information content (AvgIpc) is 2.46. The molecule has 0 bridgehead atoms. The van der Waals surface area contributed by atoms with E-state index in [0.29, 0.717) is 10.0 Å². The Hall–Kier alpha value is -1.84. The smallest absolute Gasteiger partial charge is 0.118 e. The first-order valence-electron chi connectivity index (χ1n) is 5.84. The zero-order valence-electron chi connectivity index (χ0n) is 10.8. The number of hydrogen-bond acceptors (Lipinski definition) is 3. The lowest BCUT2D eigenvalue weighted by Crippen LogP contribution is -1.85.